The average Bonchev–Trinajstić information content (AvgIpc) is 3.15. The van der Waals surface area contributed by atoms with E-state index in [2.05, 4.69) is 5.10 Å². The highest BCUT2D eigenvalue weighted by Crippen LogP contribution is 2.23. The van der Waals surface area contributed by atoms with Crippen molar-refractivity contribution < 1.29 is 9.53 Å². The fourth-order valence-electron chi connectivity index (χ4n) is 3.22. The minimum Gasteiger partial charge on any atom is -0.491 e. The molecule has 0 bridgehead atoms. The predicted octanol–water partition coefficient (Wildman–Crippen LogP) is 1.14. The lowest BCUT2D eigenvalue weighted by molar-refractivity contribution is -0.130. The van der Waals surface area contributed by atoms with Gasteiger partial charge in [0.2, 0.25) is 5.91 Å². The standard InChI is InChI=1S/C17H22N4O3/c1-12-9-13(2)21(18-12)14-6-8-19(10-14)16(22)11-20-7-4-5-15(24-3)17(20)23/h4-5,7,9,14H,6,8,10-11H2,1-3H3. The molecule has 1 unspecified atom stereocenters. The van der Waals surface area contributed by atoms with Crippen molar-refractivity contribution in [3.05, 3.63) is 46.1 Å². The van der Waals surface area contributed by atoms with Crippen LogP contribution >= 0.6 is 0 Å². The van der Waals surface area contributed by atoms with Crippen molar-refractivity contribution in [3.8, 4) is 5.75 Å². The fourth-order valence-corrected chi connectivity index (χ4v) is 3.22. The molecule has 2 aromatic heterocycles. The quantitative estimate of drug-likeness (QED) is 0.843. The topological polar surface area (TPSA) is 69.4 Å². The molecule has 0 saturated carbocycles. The lowest BCUT2D eigenvalue weighted by Crippen LogP contribution is -2.35. The van der Waals surface area contributed by atoms with Crippen LogP contribution < -0.4 is 10.3 Å². The van der Waals surface area contributed by atoms with Crippen molar-refractivity contribution in [1.82, 2.24) is 19.2 Å². The third kappa shape index (κ3) is 3.06. The van der Waals surface area contributed by atoms with Crippen molar-refractivity contribution in [2.45, 2.75) is 32.9 Å². The first-order valence-electron chi connectivity index (χ1n) is 8.03. The van der Waals surface area contributed by atoms with Crippen LogP contribution in [0.15, 0.2) is 29.2 Å². The number of hydrogen-bond donors (Lipinski definition) is 0. The molecule has 24 heavy (non-hydrogen) atoms. The van der Waals surface area contributed by atoms with E-state index in [1.54, 1.807) is 23.2 Å². The van der Waals surface area contributed by atoms with Crippen LogP contribution in [0.2, 0.25) is 0 Å². The second-order valence-corrected chi connectivity index (χ2v) is 6.16. The number of carbonyl (C=O) groups excluding carboxylic acids is 1. The van der Waals surface area contributed by atoms with E-state index in [1.165, 1.54) is 11.7 Å². The number of rotatable bonds is 4. The van der Waals surface area contributed by atoms with Gasteiger partial charge in [0.1, 0.15) is 6.54 Å². The molecule has 7 heteroatoms. The van der Waals surface area contributed by atoms with Gasteiger partial charge in [0.05, 0.1) is 18.8 Å². The van der Waals surface area contributed by atoms with E-state index in [1.807, 2.05) is 24.6 Å². The first-order valence-corrected chi connectivity index (χ1v) is 8.03. The summed E-state index contributed by atoms with van der Waals surface area (Å²) in [7, 11) is 1.45. The summed E-state index contributed by atoms with van der Waals surface area (Å²) in [4.78, 5) is 26.5. The van der Waals surface area contributed by atoms with E-state index >= 15 is 0 Å². The Labute approximate surface area is 140 Å². The highest BCUT2D eigenvalue weighted by atomic mass is 16.5. The van der Waals surface area contributed by atoms with Crippen molar-refractivity contribution >= 4 is 5.91 Å². The lowest BCUT2D eigenvalue weighted by atomic mass is 10.2. The molecule has 1 atom stereocenters. The van der Waals surface area contributed by atoms with E-state index in [0.29, 0.717) is 13.1 Å². The average molecular weight is 330 g/mol. The molecule has 7 nitrogen and oxygen atoms in total. The number of likely N-dealkylation sites (tertiary alicyclic amines) is 1. The predicted molar refractivity (Wildman–Crippen MR) is 89.2 cm³/mol. The Morgan fingerprint density at radius 1 is 1.42 bits per heavy atom. The summed E-state index contributed by atoms with van der Waals surface area (Å²) in [6, 6.07) is 5.54. The number of hydrogen-bond acceptors (Lipinski definition) is 4. The van der Waals surface area contributed by atoms with E-state index in [9.17, 15) is 9.59 Å². The maximum absolute atomic E-state index is 12.5. The van der Waals surface area contributed by atoms with Gasteiger partial charge in [0.25, 0.3) is 5.56 Å². The number of aromatic nitrogens is 3. The van der Waals surface area contributed by atoms with Gasteiger partial charge >= 0.3 is 0 Å². The third-order valence-corrected chi connectivity index (χ3v) is 4.42. The van der Waals surface area contributed by atoms with Crippen molar-refractivity contribution in [1.29, 1.82) is 0 Å². The van der Waals surface area contributed by atoms with E-state index in [0.717, 1.165) is 17.8 Å². The van der Waals surface area contributed by atoms with Gasteiger partial charge in [0, 0.05) is 25.0 Å². The second kappa shape index (κ2) is 6.51. The SMILES string of the molecule is COc1cccn(CC(=O)N2CCC(n3nc(C)cc3C)C2)c1=O. The van der Waals surface area contributed by atoms with Gasteiger partial charge in [-0.05, 0) is 38.5 Å². The zero-order valence-corrected chi connectivity index (χ0v) is 14.2. The Kier molecular flexibility index (Phi) is 4.42. The van der Waals surface area contributed by atoms with Crippen molar-refractivity contribution in [2.24, 2.45) is 0 Å². The van der Waals surface area contributed by atoms with Crippen LogP contribution in [-0.2, 0) is 11.3 Å². The Bertz CT molecular complexity index is 808. The minimum atomic E-state index is -0.289. The molecule has 0 spiro atoms. The summed E-state index contributed by atoms with van der Waals surface area (Å²) < 4.78 is 8.40. The lowest BCUT2D eigenvalue weighted by Gasteiger charge is -2.18. The second-order valence-electron chi connectivity index (χ2n) is 6.16. The molecule has 1 aliphatic rings. The highest BCUT2D eigenvalue weighted by molar-refractivity contribution is 5.76. The van der Waals surface area contributed by atoms with Crippen LogP contribution in [0.3, 0.4) is 0 Å². The van der Waals surface area contributed by atoms with Gasteiger partial charge in [-0.2, -0.15) is 5.10 Å². The zero-order valence-electron chi connectivity index (χ0n) is 14.2. The monoisotopic (exact) mass is 330 g/mol. The van der Waals surface area contributed by atoms with Crippen molar-refractivity contribution in [3.63, 3.8) is 0 Å². The normalized spacial score (nSPS) is 17.3. The van der Waals surface area contributed by atoms with E-state index in [4.69, 9.17) is 4.74 Å². The van der Waals surface area contributed by atoms with Crippen LogP contribution in [-0.4, -0.2) is 45.4 Å². The van der Waals surface area contributed by atoms with Gasteiger partial charge in [-0.1, -0.05) is 0 Å². The summed E-state index contributed by atoms with van der Waals surface area (Å²) in [5, 5.41) is 4.51. The molecule has 1 aliphatic heterocycles. The summed E-state index contributed by atoms with van der Waals surface area (Å²) in [6.07, 6.45) is 2.48. The van der Waals surface area contributed by atoms with Gasteiger partial charge in [-0.25, -0.2) is 0 Å². The Balaban J connectivity index is 1.69. The number of aryl methyl sites for hydroxylation is 2. The number of ether oxygens (including phenoxy) is 1. The number of amides is 1. The minimum absolute atomic E-state index is 0.0276. The molecule has 1 saturated heterocycles. The highest BCUT2D eigenvalue weighted by Gasteiger charge is 2.28. The van der Waals surface area contributed by atoms with Crippen LogP contribution in [0.4, 0.5) is 0 Å². The first kappa shape index (κ1) is 16.3. The molecule has 1 amide bonds. The Morgan fingerprint density at radius 3 is 2.88 bits per heavy atom. The maximum atomic E-state index is 12.5. The molecular weight excluding hydrogens is 308 g/mol. The fraction of sp³-hybridized carbons (Fsp3) is 0.471. The number of carbonyl (C=O) groups is 1. The molecule has 0 radical (unpaired) electrons. The third-order valence-electron chi connectivity index (χ3n) is 4.42. The van der Waals surface area contributed by atoms with Crippen LogP contribution in [0.1, 0.15) is 23.9 Å². The number of nitrogens with zero attached hydrogens (tertiary/aromatic N) is 4. The molecule has 3 heterocycles. The summed E-state index contributed by atoms with van der Waals surface area (Å²) in [6.45, 7) is 5.33. The van der Waals surface area contributed by atoms with Gasteiger partial charge < -0.3 is 14.2 Å². The van der Waals surface area contributed by atoms with Gasteiger partial charge in [0.15, 0.2) is 5.75 Å². The van der Waals surface area contributed by atoms with Gasteiger partial charge in [-0.15, -0.1) is 0 Å². The molecule has 0 aliphatic carbocycles. The van der Waals surface area contributed by atoms with Crippen LogP contribution in [0, 0.1) is 13.8 Å². The largest absolute Gasteiger partial charge is 0.491 e. The molecule has 0 aromatic carbocycles. The maximum Gasteiger partial charge on any atom is 0.293 e. The molecular formula is C17H22N4O3. The Morgan fingerprint density at radius 2 is 2.21 bits per heavy atom. The first-order chi connectivity index (χ1) is 11.5. The molecule has 128 valence electrons. The number of methoxy groups -OCH3 is 1. The summed E-state index contributed by atoms with van der Waals surface area (Å²) >= 11 is 0. The van der Waals surface area contributed by atoms with E-state index in [-0.39, 0.29) is 29.8 Å². The van der Waals surface area contributed by atoms with Crippen LogP contribution in [0.25, 0.3) is 0 Å². The summed E-state index contributed by atoms with van der Waals surface area (Å²) in [5.41, 5.74) is 1.80. The van der Waals surface area contributed by atoms with E-state index < -0.39 is 0 Å². The van der Waals surface area contributed by atoms with Crippen LogP contribution in [0.5, 0.6) is 5.75 Å². The Hall–Kier alpha value is -2.57. The van der Waals surface area contributed by atoms with Crippen molar-refractivity contribution in [2.75, 3.05) is 20.2 Å². The summed E-state index contributed by atoms with van der Waals surface area (Å²) in [5.74, 6) is 0.182. The zero-order chi connectivity index (χ0) is 17.3. The number of pyridine rings is 1. The van der Waals surface area contributed by atoms with Gasteiger partial charge in [-0.3, -0.25) is 14.3 Å². The molecule has 1 fully saturated rings. The molecule has 0 N–H and O–H groups in total. The molecule has 2 aromatic rings. The molecule has 3 rings (SSSR count). The smallest absolute Gasteiger partial charge is 0.293 e.